The van der Waals surface area contributed by atoms with Crippen LogP contribution >= 0.6 is 0 Å². The minimum atomic E-state index is 0.468. The van der Waals surface area contributed by atoms with Crippen LogP contribution in [-0.2, 0) is 0 Å². The van der Waals surface area contributed by atoms with E-state index in [1.165, 1.54) is 36.9 Å². The summed E-state index contributed by atoms with van der Waals surface area (Å²) in [6, 6.07) is 9.14. The lowest BCUT2D eigenvalue weighted by Gasteiger charge is -2.22. The third kappa shape index (κ3) is 4.79. The molecule has 0 aliphatic carbocycles. The van der Waals surface area contributed by atoms with Crippen molar-refractivity contribution in [1.29, 1.82) is 0 Å². The molecular weight excluding hydrogens is 220 g/mol. The van der Waals surface area contributed by atoms with Crippen LogP contribution in [-0.4, -0.2) is 32.1 Å². The van der Waals surface area contributed by atoms with Crippen molar-refractivity contribution in [1.82, 2.24) is 10.2 Å². The topological polar surface area (TPSA) is 15.3 Å². The van der Waals surface area contributed by atoms with Gasteiger partial charge in [0.15, 0.2) is 0 Å². The summed E-state index contributed by atoms with van der Waals surface area (Å²) in [6.07, 6.45) is 3.74. The van der Waals surface area contributed by atoms with Crippen molar-refractivity contribution in [3.63, 3.8) is 0 Å². The summed E-state index contributed by atoms with van der Waals surface area (Å²) in [5.74, 6) is 0. The second-order valence-electron chi connectivity index (χ2n) is 5.14. The van der Waals surface area contributed by atoms with Crippen molar-refractivity contribution in [2.24, 2.45) is 0 Å². The SMILES string of the molecule is CCCCN(C)CCC(NC)c1ccccc1C. The standard InChI is InChI=1S/C16H28N2/c1-5-6-12-18(4)13-11-16(17-3)15-10-8-7-9-14(15)2/h7-10,16-17H,5-6,11-13H2,1-4H3. The summed E-state index contributed by atoms with van der Waals surface area (Å²) in [6.45, 7) is 6.80. The van der Waals surface area contributed by atoms with Gasteiger partial charge in [-0.1, -0.05) is 37.6 Å². The fourth-order valence-corrected chi connectivity index (χ4v) is 2.32. The summed E-state index contributed by atoms with van der Waals surface area (Å²) < 4.78 is 0. The van der Waals surface area contributed by atoms with E-state index in [4.69, 9.17) is 0 Å². The van der Waals surface area contributed by atoms with Crippen molar-refractivity contribution < 1.29 is 0 Å². The van der Waals surface area contributed by atoms with Gasteiger partial charge in [-0.25, -0.2) is 0 Å². The molecule has 0 saturated carbocycles. The number of nitrogens with one attached hydrogen (secondary N) is 1. The minimum Gasteiger partial charge on any atom is -0.313 e. The summed E-state index contributed by atoms with van der Waals surface area (Å²) in [5, 5.41) is 3.44. The minimum absolute atomic E-state index is 0.468. The average Bonchev–Trinajstić information content (AvgIpc) is 2.39. The molecule has 0 fully saturated rings. The molecule has 0 aliphatic heterocycles. The van der Waals surface area contributed by atoms with Gasteiger partial charge in [-0.3, -0.25) is 0 Å². The molecule has 2 heteroatoms. The first-order valence-electron chi connectivity index (χ1n) is 7.10. The Balaban J connectivity index is 2.50. The van der Waals surface area contributed by atoms with Gasteiger partial charge in [0.25, 0.3) is 0 Å². The van der Waals surface area contributed by atoms with Gasteiger partial charge >= 0.3 is 0 Å². The second kappa shape index (κ2) is 8.28. The van der Waals surface area contributed by atoms with Crippen LogP contribution in [0.4, 0.5) is 0 Å². The van der Waals surface area contributed by atoms with Crippen molar-refractivity contribution >= 4 is 0 Å². The van der Waals surface area contributed by atoms with E-state index in [0.29, 0.717) is 6.04 Å². The van der Waals surface area contributed by atoms with E-state index in [1.807, 2.05) is 0 Å². The number of hydrogen-bond acceptors (Lipinski definition) is 2. The lowest BCUT2D eigenvalue weighted by atomic mass is 9.99. The zero-order valence-corrected chi connectivity index (χ0v) is 12.4. The molecule has 1 unspecified atom stereocenters. The van der Waals surface area contributed by atoms with Crippen molar-refractivity contribution in [3.05, 3.63) is 35.4 Å². The Morgan fingerprint density at radius 2 is 1.94 bits per heavy atom. The first-order chi connectivity index (χ1) is 8.69. The first-order valence-corrected chi connectivity index (χ1v) is 7.10. The smallest absolute Gasteiger partial charge is 0.0332 e. The van der Waals surface area contributed by atoms with Crippen molar-refractivity contribution in [3.8, 4) is 0 Å². The van der Waals surface area contributed by atoms with Crippen LogP contribution in [0.2, 0.25) is 0 Å². The molecule has 0 radical (unpaired) electrons. The highest BCUT2D eigenvalue weighted by Crippen LogP contribution is 2.20. The molecule has 1 rings (SSSR count). The van der Waals surface area contributed by atoms with E-state index in [9.17, 15) is 0 Å². The van der Waals surface area contributed by atoms with E-state index in [2.05, 4.69) is 62.4 Å². The first kappa shape index (κ1) is 15.2. The Bertz CT molecular complexity index is 336. The highest BCUT2D eigenvalue weighted by atomic mass is 15.1. The van der Waals surface area contributed by atoms with Crippen LogP contribution < -0.4 is 5.32 Å². The van der Waals surface area contributed by atoms with Crippen LogP contribution in [0.15, 0.2) is 24.3 Å². The molecule has 102 valence electrons. The second-order valence-corrected chi connectivity index (χ2v) is 5.14. The largest absolute Gasteiger partial charge is 0.313 e. The third-order valence-electron chi connectivity index (χ3n) is 3.61. The van der Waals surface area contributed by atoms with Gasteiger partial charge in [-0.15, -0.1) is 0 Å². The van der Waals surface area contributed by atoms with Crippen molar-refractivity contribution in [2.45, 2.75) is 39.2 Å². The Morgan fingerprint density at radius 1 is 1.22 bits per heavy atom. The molecule has 0 bridgehead atoms. The predicted octanol–water partition coefficient (Wildman–Crippen LogP) is 3.38. The Morgan fingerprint density at radius 3 is 2.56 bits per heavy atom. The van der Waals surface area contributed by atoms with Crippen LogP contribution in [0.5, 0.6) is 0 Å². The number of unbranched alkanes of at least 4 members (excludes halogenated alkanes) is 1. The molecule has 1 aromatic rings. The third-order valence-corrected chi connectivity index (χ3v) is 3.61. The zero-order valence-electron chi connectivity index (χ0n) is 12.4. The van der Waals surface area contributed by atoms with E-state index in [1.54, 1.807) is 0 Å². The molecule has 0 heterocycles. The monoisotopic (exact) mass is 248 g/mol. The fourth-order valence-electron chi connectivity index (χ4n) is 2.32. The summed E-state index contributed by atoms with van der Waals surface area (Å²) in [4.78, 5) is 2.44. The molecule has 1 atom stereocenters. The number of hydrogen-bond donors (Lipinski definition) is 1. The number of benzene rings is 1. The fraction of sp³-hybridized carbons (Fsp3) is 0.625. The molecule has 0 saturated heterocycles. The van der Waals surface area contributed by atoms with Crippen LogP contribution in [0.1, 0.15) is 43.4 Å². The van der Waals surface area contributed by atoms with E-state index in [0.717, 1.165) is 6.54 Å². The van der Waals surface area contributed by atoms with Crippen LogP contribution in [0.25, 0.3) is 0 Å². The van der Waals surface area contributed by atoms with Gasteiger partial charge < -0.3 is 10.2 Å². The highest BCUT2D eigenvalue weighted by Gasteiger charge is 2.11. The number of nitrogens with zero attached hydrogens (tertiary/aromatic N) is 1. The molecule has 1 N–H and O–H groups in total. The van der Waals surface area contributed by atoms with Gasteiger partial charge in [0.2, 0.25) is 0 Å². The zero-order chi connectivity index (χ0) is 13.4. The van der Waals surface area contributed by atoms with Crippen LogP contribution in [0, 0.1) is 6.92 Å². The van der Waals surface area contributed by atoms with E-state index < -0.39 is 0 Å². The molecule has 2 nitrogen and oxygen atoms in total. The van der Waals surface area contributed by atoms with Crippen molar-refractivity contribution in [2.75, 3.05) is 27.2 Å². The Labute approximate surface area is 112 Å². The Hall–Kier alpha value is -0.860. The number of aryl methyl sites for hydroxylation is 1. The lowest BCUT2D eigenvalue weighted by Crippen LogP contribution is -2.26. The van der Waals surface area contributed by atoms with Crippen LogP contribution in [0.3, 0.4) is 0 Å². The summed E-state index contributed by atoms with van der Waals surface area (Å²) >= 11 is 0. The maximum atomic E-state index is 3.44. The van der Waals surface area contributed by atoms with Gasteiger partial charge in [-0.05, 0) is 58.1 Å². The normalized spacial score (nSPS) is 12.9. The highest BCUT2D eigenvalue weighted by molar-refractivity contribution is 5.28. The quantitative estimate of drug-likeness (QED) is 0.759. The maximum absolute atomic E-state index is 3.44. The lowest BCUT2D eigenvalue weighted by molar-refractivity contribution is 0.306. The molecular formula is C16H28N2. The molecule has 0 spiro atoms. The molecule has 18 heavy (non-hydrogen) atoms. The van der Waals surface area contributed by atoms with E-state index >= 15 is 0 Å². The van der Waals surface area contributed by atoms with E-state index in [-0.39, 0.29) is 0 Å². The molecule has 1 aromatic carbocycles. The van der Waals surface area contributed by atoms with Gasteiger partial charge in [0, 0.05) is 6.04 Å². The molecule has 0 aromatic heterocycles. The number of rotatable bonds is 8. The van der Waals surface area contributed by atoms with Gasteiger partial charge in [0.05, 0.1) is 0 Å². The Kier molecular flexibility index (Phi) is 6.99. The summed E-state index contributed by atoms with van der Waals surface area (Å²) in [7, 11) is 4.28. The van der Waals surface area contributed by atoms with Gasteiger partial charge in [0.1, 0.15) is 0 Å². The molecule has 0 amide bonds. The predicted molar refractivity (Wildman–Crippen MR) is 80.0 cm³/mol. The average molecular weight is 248 g/mol. The maximum Gasteiger partial charge on any atom is 0.0332 e. The van der Waals surface area contributed by atoms with Gasteiger partial charge in [-0.2, -0.15) is 0 Å². The summed E-state index contributed by atoms with van der Waals surface area (Å²) in [5.41, 5.74) is 2.82. The molecule has 0 aliphatic rings.